The number of nitrogens with zero attached hydrogens (tertiary/aromatic N) is 2. The smallest absolute Gasteiger partial charge is 0.243 e. The predicted molar refractivity (Wildman–Crippen MR) is 97.8 cm³/mol. The number of thioether (sulfide) groups is 1. The second kappa shape index (κ2) is 6.72. The van der Waals surface area contributed by atoms with E-state index in [4.69, 9.17) is 4.74 Å². The van der Waals surface area contributed by atoms with Gasteiger partial charge in [0.05, 0.1) is 17.6 Å². The molecule has 25 heavy (non-hydrogen) atoms. The average molecular weight is 377 g/mol. The SMILES string of the molecule is O=S(=O)(c1ccccc1)N1CC2(CC(OCc3cccnc3)CS2)C1. The molecular weight excluding hydrogens is 356 g/mol. The van der Waals surface area contributed by atoms with Gasteiger partial charge in [0.2, 0.25) is 10.0 Å². The van der Waals surface area contributed by atoms with Crippen molar-refractivity contribution in [2.45, 2.75) is 28.8 Å². The van der Waals surface area contributed by atoms with Crippen LogP contribution in [0.15, 0.2) is 59.8 Å². The van der Waals surface area contributed by atoms with Gasteiger partial charge in [-0.15, -0.1) is 11.8 Å². The normalized spacial score (nSPS) is 22.8. The van der Waals surface area contributed by atoms with Crippen molar-refractivity contribution < 1.29 is 13.2 Å². The van der Waals surface area contributed by atoms with E-state index < -0.39 is 10.0 Å². The molecule has 4 rings (SSSR count). The quantitative estimate of drug-likeness (QED) is 0.803. The number of rotatable bonds is 5. The van der Waals surface area contributed by atoms with Crippen LogP contribution in [0.2, 0.25) is 0 Å². The van der Waals surface area contributed by atoms with Crippen molar-refractivity contribution in [2.24, 2.45) is 0 Å². The van der Waals surface area contributed by atoms with Gasteiger partial charge in [-0.3, -0.25) is 4.98 Å². The Morgan fingerprint density at radius 2 is 2.00 bits per heavy atom. The van der Waals surface area contributed by atoms with Gasteiger partial charge >= 0.3 is 0 Å². The average Bonchev–Trinajstić information content (AvgIpc) is 3.05. The Hall–Kier alpha value is -1.41. The molecule has 2 saturated heterocycles. The van der Waals surface area contributed by atoms with Crippen molar-refractivity contribution in [3.05, 3.63) is 60.4 Å². The van der Waals surface area contributed by atoms with Crippen LogP contribution in [0.3, 0.4) is 0 Å². The molecule has 0 aliphatic carbocycles. The van der Waals surface area contributed by atoms with Crippen molar-refractivity contribution in [2.75, 3.05) is 18.8 Å². The molecule has 1 atom stereocenters. The lowest BCUT2D eigenvalue weighted by Crippen LogP contribution is -2.60. The van der Waals surface area contributed by atoms with Crippen molar-refractivity contribution in [3.8, 4) is 0 Å². The monoisotopic (exact) mass is 376 g/mol. The van der Waals surface area contributed by atoms with E-state index in [1.165, 1.54) is 0 Å². The first-order valence-electron chi connectivity index (χ1n) is 8.27. The minimum atomic E-state index is -3.37. The molecule has 1 spiro atoms. The van der Waals surface area contributed by atoms with E-state index >= 15 is 0 Å². The highest BCUT2D eigenvalue weighted by molar-refractivity contribution is 8.01. The summed E-state index contributed by atoms with van der Waals surface area (Å²) < 4.78 is 32.8. The van der Waals surface area contributed by atoms with E-state index in [0.29, 0.717) is 24.6 Å². The molecule has 2 fully saturated rings. The summed E-state index contributed by atoms with van der Waals surface area (Å²) in [5.41, 5.74) is 1.07. The third-order valence-corrected chi connectivity index (χ3v) is 8.08. The summed E-state index contributed by atoms with van der Waals surface area (Å²) in [5.74, 6) is 0.916. The van der Waals surface area contributed by atoms with Gasteiger partial charge in [0, 0.05) is 36.0 Å². The van der Waals surface area contributed by atoms with Gasteiger partial charge in [0.1, 0.15) is 0 Å². The number of sulfonamides is 1. The molecule has 7 heteroatoms. The topological polar surface area (TPSA) is 59.5 Å². The Labute approximate surface area is 152 Å². The minimum Gasteiger partial charge on any atom is -0.373 e. The highest BCUT2D eigenvalue weighted by atomic mass is 32.2. The number of aromatic nitrogens is 1. The number of pyridine rings is 1. The summed E-state index contributed by atoms with van der Waals surface area (Å²) in [4.78, 5) is 4.47. The fraction of sp³-hybridized carbons (Fsp3) is 0.389. The fourth-order valence-corrected chi connectivity index (χ4v) is 6.68. The van der Waals surface area contributed by atoms with Crippen LogP contribution < -0.4 is 0 Å². The van der Waals surface area contributed by atoms with E-state index in [2.05, 4.69) is 4.98 Å². The molecule has 2 aliphatic rings. The summed E-state index contributed by atoms with van der Waals surface area (Å²) in [6, 6.07) is 12.6. The molecule has 0 amide bonds. The van der Waals surface area contributed by atoms with Gasteiger partial charge in [0.15, 0.2) is 0 Å². The molecule has 2 aliphatic heterocycles. The van der Waals surface area contributed by atoms with Crippen LogP contribution in [0.25, 0.3) is 0 Å². The molecule has 3 heterocycles. The molecule has 2 aromatic rings. The number of benzene rings is 1. The first kappa shape index (κ1) is 17.0. The van der Waals surface area contributed by atoms with E-state index in [9.17, 15) is 8.42 Å². The minimum absolute atomic E-state index is 0.0153. The molecule has 0 radical (unpaired) electrons. The zero-order chi connectivity index (χ0) is 17.3. The molecule has 5 nitrogen and oxygen atoms in total. The van der Waals surface area contributed by atoms with Crippen molar-refractivity contribution in [1.29, 1.82) is 0 Å². The second-order valence-electron chi connectivity index (χ2n) is 6.58. The zero-order valence-corrected chi connectivity index (χ0v) is 15.4. The fourth-order valence-electron chi connectivity index (χ4n) is 3.34. The Balaban J connectivity index is 1.33. The molecule has 0 bridgehead atoms. The van der Waals surface area contributed by atoms with Gasteiger partial charge in [-0.1, -0.05) is 24.3 Å². The first-order valence-corrected chi connectivity index (χ1v) is 10.7. The summed E-state index contributed by atoms with van der Waals surface area (Å²) in [6.07, 6.45) is 4.64. The summed E-state index contributed by atoms with van der Waals surface area (Å²) in [7, 11) is -3.37. The van der Waals surface area contributed by atoms with E-state index in [0.717, 1.165) is 17.7 Å². The summed E-state index contributed by atoms with van der Waals surface area (Å²) in [5, 5.41) is 0. The van der Waals surface area contributed by atoms with Crippen LogP contribution in [0.4, 0.5) is 0 Å². The third-order valence-electron chi connectivity index (χ3n) is 4.69. The summed E-state index contributed by atoms with van der Waals surface area (Å²) >= 11 is 1.84. The van der Waals surface area contributed by atoms with Crippen LogP contribution in [0.1, 0.15) is 12.0 Å². The van der Waals surface area contributed by atoms with E-state index in [-0.39, 0.29) is 10.9 Å². The van der Waals surface area contributed by atoms with Crippen molar-refractivity contribution in [1.82, 2.24) is 9.29 Å². The van der Waals surface area contributed by atoms with Crippen LogP contribution in [-0.4, -0.2) is 47.4 Å². The molecule has 1 unspecified atom stereocenters. The van der Waals surface area contributed by atoms with Gasteiger partial charge in [-0.2, -0.15) is 4.31 Å². The largest absolute Gasteiger partial charge is 0.373 e. The first-order chi connectivity index (χ1) is 12.1. The van der Waals surface area contributed by atoms with Crippen molar-refractivity contribution >= 4 is 21.8 Å². The van der Waals surface area contributed by atoms with Crippen LogP contribution in [0.5, 0.6) is 0 Å². The van der Waals surface area contributed by atoms with Crippen LogP contribution in [-0.2, 0) is 21.4 Å². The van der Waals surface area contributed by atoms with E-state index in [1.54, 1.807) is 34.8 Å². The Morgan fingerprint density at radius 3 is 2.72 bits per heavy atom. The van der Waals surface area contributed by atoms with E-state index in [1.807, 2.05) is 36.2 Å². The Kier molecular flexibility index (Phi) is 4.58. The number of hydrogen-bond acceptors (Lipinski definition) is 5. The zero-order valence-electron chi connectivity index (χ0n) is 13.7. The van der Waals surface area contributed by atoms with Gasteiger partial charge < -0.3 is 4.74 Å². The van der Waals surface area contributed by atoms with Crippen molar-refractivity contribution in [3.63, 3.8) is 0 Å². The van der Waals surface area contributed by atoms with Gasteiger partial charge in [-0.25, -0.2) is 8.42 Å². The molecule has 1 aromatic carbocycles. The highest BCUT2D eigenvalue weighted by Crippen LogP contribution is 2.47. The van der Waals surface area contributed by atoms with Crippen LogP contribution in [0, 0.1) is 0 Å². The van der Waals surface area contributed by atoms with Gasteiger partial charge in [0.25, 0.3) is 0 Å². The number of hydrogen-bond donors (Lipinski definition) is 0. The lowest BCUT2D eigenvalue weighted by molar-refractivity contribution is 0.0396. The molecule has 0 N–H and O–H groups in total. The van der Waals surface area contributed by atoms with Crippen LogP contribution >= 0.6 is 11.8 Å². The maximum atomic E-state index is 12.6. The maximum Gasteiger partial charge on any atom is 0.243 e. The highest BCUT2D eigenvalue weighted by Gasteiger charge is 2.53. The standard InChI is InChI=1S/C18H20N2O3S2/c21-25(22,17-6-2-1-3-7-17)20-13-18(14-20)9-16(12-24-18)23-11-15-5-4-8-19-10-15/h1-8,10,16H,9,11-14H2. The second-order valence-corrected chi connectivity index (χ2v) is 10.0. The maximum absolute atomic E-state index is 12.6. The molecule has 1 aromatic heterocycles. The molecule has 132 valence electrons. The molecular formula is C18H20N2O3S2. The molecule has 0 saturated carbocycles. The Bertz CT molecular complexity index is 822. The third kappa shape index (κ3) is 3.46. The number of ether oxygens (including phenoxy) is 1. The predicted octanol–water partition coefficient (Wildman–Crippen LogP) is 2.55. The lowest BCUT2D eigenvalue weighted by Gasteiger charge is -2.46. The van der Waals surface area contributed by atoms with Gasteiger partial charge in [-0.05, 0) is 30.2 Å². The lowest BCUT2D eigenvalue weighted by atomic mass is 9.95. The summed E-state index contributed by atoms with van der Waals surface area (Å²) in [6.45, 7) is 1.70. The Morgan fingerprint density at radius 1 is 1.20 bits per heavy atom.